The summed E-state index contributed by atoms with van der Waals surface area (Å²) in [5, 5.41) is 0. The molecule has 0 radical (unpaired) electrons. The van der Waals surface area contributed by atoms with Gasteiger partial charge in [-0.3, -0.25) is 4.79 Å². The first-order valence-electron chi connectivity index (χ1n) is 13.9. The van der Waals surface area contributed by atoms with Crippen LogP contribution in [0.1, 0.15) is 113 Å². The number of fused-ring (bicyclic) bond motifs is 4. The van der Waals surface area contributed by atoms with Gasteiger partial charge >= 0.3 is 5.97 Å². The van der Waals surface area contributed by atoms with Crippen molar-refractivity contribution in [3.63, 3.8) is 0 Å². The molecule has 0 aromatic rings. The van der Waals surface area contributed by atoms with Crippen molar-refractivity contribution in [2.75, 3.05) is 0 Å². The lowest BCUT2D eigenvalue weighted by atomic mass is 9.88. The van der Waals surface area contributed by atoms with E-state index in [1.807, 2.05) is 12.2 Å². The lowest BCUT2D eigenvalue weighted by Crippen LogP contribution is -2.38. The molecule has 0 spiro atoms. The van der Waals surface area contributed by atoms with Crippen molar-refractivity contribution in [1.82, 2.24) is 0 Å². The van der Waals surface area contributed by atoms with E-state index in [1.165, 1.54) is 19.3 Å². The van der Waals surface area contributed by atoms with Crippen LogP contribution in [0.3, 0.4) is 0 Å². The van der Waals surface area contributed by atoms with Gasteiger partial charge in [0, 0.05) is 5.92 Å². The first kappa shape index (κ1) is 32.6. The van der Waals surface area contributed by atoms with Gasteiger partial charge in [-0.05, 0) is 69.3 Å². The lowest BCUT2D eigenvalue weighted by molar-refractivity contribution is -0.157. The van der Waals surface area contributed by atoms with Gasteiger partial charge in [-0.1, -0.05) is 85.8 Å². The van der Waals surface area contributed by atoms with Crippen molar-refractivity contribution >= 4 is 5.97 Å². The number of esters is 1. The third kappa shape index (κ3) is 11.3. The van der Waals surface area contributed by atoms with Gasteiger partial charge in [0.05, 0.1) is 30.8 Å². The number of carbonyl (C=O) groups excluding carboxylic acids is 1. The number of cyclic esters (lactones) is 1. The minimum absolute atomic E-state index is 0. The van der Waals surface area contributed by atoms with Crippen LogP contribution in [0.4, 0.5) is 0 Å². The van der Waals surface area contributed by atoms with Crippen LogP contribution in [0, 0.1) is 17.8 Å². The smallest absolute Gasteiger partial charge is 0.309 e. The molecule has 0 aromatic heterocycles. The third-order valence-corrected chi connectivity index (χ3v) is 7.51. The van der Waals surface area contributed by atoms with Gasteiger partial charge < -0.3 is 14.2 Å². The van der Waals surface area contributed by atoms with Crippen LogP contribution >= 0.6 is 0 Å². The predicted molar refractivity (Wildman–Crippen MR) is 152 cm³/mol. The van der Waals surface area contributed by atoms with Gasteiger partial charge in [-0.15, -0.1) is 0 Å². The van der Waals surface area contributed by atoms with Crippen molar-refractivity contribution in [3.8, 4) is 0 Å². The summed E-state index contributed by atoms with van der Waals surface area (Å²) >= 11 is 0. The fraction of sp³-hybridized carbons (Fsp3) is 0.781. The van der Waals surface area contributed by atoms with Gasteiger partial charge in [0.15, 0.2) is 0 Å². The Hall–Kier alpha value is -1.39. The average molecular weight is 505 g/mol. The maximum atomic E-state index is 12.9. The second kappa shape index (κ2) is 17.2. The second-order valence-corrected chi connectivity index (χ2v) is 11.1. The number of ether oxygens (including phenoxy) is 3. The normalized spacial score (nSPS) is 37.1. The van der Waals surface area contributed by atoms with E-state index in [2.05, 4.69) is 52.0 Å². The highest BCUT2D eigenvalue weighted by Gasteiger charge is 2.33. The Morgan fingerprint density at radius 1 is 0.889 bits per heavy atom. The molecule has 2 fully saturated rings. The Morgan fingerprint density at radius 2 is 1.58 bits per heavy atom. The summed E-state index contributed by atoms with van der Waals surface area (Å²) < 4.78 is 18.9. The Balaban J connectivity index is 0.00000324. The molecule has 4 bridgehead atoms. The van der Waals surface area contributed by atoms with Gasteiger partial charge in [0.1, 0.15) is 6.10 Å². The first-order valence-corrected chi connectivity index (χ1v) is 13.9. The van der Waals surface area contributed by atoms with Gasteiger partial charge in [0.2, 0.25) is 0 Å². The predicted octanol–water partition coefficient (Wildman–Crippen LogP) is 8.61. The van der Waals surface area contributed by atoms with Crippen molar-refractivity contribution < 1.29 is 19.0 Å². The number of unbranched alkanes of at least 4 members (excludes halogenated alkanes) is 2. The van der Waals surface area contributed by atoms with E-state index in [9.17, 15) is 4.79 Å². The van der Waals surface area contributed by atoms with Crippen LogP contribution in [-0.4, -0.2) is 36.5 Å². The molecule has 0 aliphatic carbocycles. The number of allylic oxidation sites excluding steroid dienone is 4. The molecule has 4 nitrogen and oxygen atoms in total. The van der Waals surface area contributed by atoms with E-state index in [0.29, 0.717) is 24.4 Å². The van der Waals surface area contributed by atoms with Crippen molar-refractivity contribution in [1.29, 1.82) is 0 Å². The molecule has 2 saturated heterocycles. The molecule has 4 heteroatoms. The van der Waals surface area contributed by atoms with Crippen molar-refractivity contribution in [2.45, 2.75) is 144 Å². The van der Waals surface area contributed by atoms with E-state index in [1.54, 1.807) is 0 Å². The van der Waals surface area contributed by atoms with E-state index in [0.717, 1.165) is 44.9 Å². The summed E-state index contributed by atoms with van der Waals surface area (Å²) in [4.78, 5) is 12.9. The maximum Gasteiger partial charge on any atom is 0.309 e. The summed E-state index contributed by atoms with van der Waals surface area (Å²) in [5.74, 6) is 0.944. The van der Waals surface area contributed by atoms with Crippen molar-refractivity contribution in [2.24, 2.45) is 17.8 Å². The number of hydrogen-bond donors (Lipinski definition) is 0. The molecule has 36 heavy (non-hydrogen) atoms. The third-order valence-electron chi connectivity index (χ3n) is 7.51. The molecule has 3 aliphatic heterocycles. The summed E-state index contributed by atoms with van der Waals surface area (Å²) in [6, 6.07) is 0. The fourth-order valence-electron chi connectivity index (χ4n) is 5.63. The lowest BCUT2D eigenvalue weighted by Gasteiger charge is -2.38. The molecule has 3 unspecified atom stereocenters. The summed E-state index contributed by atoms with van der Waals surface area (Å²) in [6.45, 7) is 8.89. The van der Waals surface area contributed by atoms with Crippen molar-refractivity contribution in [3.05, 3.63) is 36.5 Å². The molecule has 8 atom stereocenters. The maximum absolute atomic E-state index is 12.9. The highest BCUT2D eigenvalue weighted by atomic mass is 16.5. The van der Waals surface area contributed by atoms with Crippen LogP contribution in [0.15, 0.2) is 36.5 Å². The first-order chi connectivity index (χ1) is 16.4. The summed E-state index contributed by atoms with van der Waals surface area (Å²) in [5.41, 5.74) is 0. The Labute approximate surface area is 222 Å². The molecule has 208 valence electrons. The molecular formula is C32H56O4. The van der Waals surface area contributed by atoms with E-state index in [4.69, 9.17) is 14.2 Å². The zero-order valence-corrected chi connectivity index (χ0v) is 22.0. The highest BCUT2D eigenvalue weighted by Crippen LogP contribution is 2.33. The SMILES string of the molecule is C.C.CCCCC=C/C=C/C1OC(=O)CC2C[C@H](C)C[C@H](CC3CCC[C@H](C[C@@H](C)/C=C/[C@@H]1C)O3)O2. The number of hydrogen-bond acceptors (Lipinski definition) is 4. The number of carbonyl (C=O) groups is 1. The Morgan fingerprint density at radius 3 is 2.33 bits per heavy atom. The zero-order valence-electron chi connectivity index (χ0n) is 22.0. The average Bonchev–Trinajstić information content (AvgIpc) is 2.78. The van der Waals surface area contributed by atoms with E-state index in [-0.39, 0.29) is 51.2 Å². The molecule has 0 aromatic carbocycles. The van der Waals surface area contributed by atoms with Gasteiger partial charge in [0.25, 0.3) is 0 Å². The standard InChI is InChI=1S/C30H48O4.2CH4/c1-5-6-7-8-9-10-14-29-24(4)16-15-22(2)17-25-12-11-13-26(32-25)20-27-18-23(3)19-28(33-27)21-30(31)34-29;;/h8-10,14-16,22-29H,5-7,11-13,17-21H2,1-4H3;2*1H4/b9-8?,14-10+,16-15+;;/t22-,23+,24-,25+,26?,27+,28?,29?;;/m0../s1. The molecule has 0 amide bonds. The monoisotopic (exact) mass is 504 g/mol. The van der Waals surface area contributed by atoms with Crippen LogP contribution in [0.2, 0.25) is 0 Å². The minimum Gasteiger partial charge on any atom is -0.457 e. The topological polar surface area (TPSA) is 44.8 Å². The minimum atomic E-state index is -0.271. The Kier molecular flexibility index (Phi) is 15.6. The second-order valence-electron chi connectivity index (χ2n) is 11.1. The molecular weight excluding hydrogens is 448 g/mol. The highest BCUT2D eigenvalue weighted by molar-refractivity contribution is 5.70. The van der Waals surface area contributed by atoms with Crippen LogP contribution in [0.5, 0.6) is 0 Å². The Bertz CT molecular complexity index is 696. The van der Waals surface area contributed by atoms with Crippen LogP contribution in [0.25, 0.3) is 0 Å². The van der Waals surface area contributed by atoms with Crippen LogP contribution < -0.4 is 0 Å². The quantitative estimate of drug-likeness (QED) is 0.163. The summed E-state index contributed by atoms with van der Waals surface area (Å²) in [7, 11) is 0. The fourth-order valence-corrected chi connectivity index (χ4v) is 5.63. The largest absolute Gasteiger partial charge is 0.457 e. The van der Waals surface area contributed by atoms with E-state index >= 15 is 0 Å². The molecule has 0 saturated carbocycles. The molecule has 3 aliphatic rings. The molecule has 3 heterocycles. The molecule has 0 N–H and O–H groups in total. The molecule has 3 rings (SSSR count). The van der Waals surface area contributed by atoms with E-state index < -0.39 is 0 Å². The van der Waals surface area contributed by atoms with Gasteiger partial charge in [-0.2, -0.15) is 0 Å². The number of rotatable bonds is 5. The van der Waals surface area contributed by atoms with Crippen LogP contribution in [-0.2, 0) is 19.0 Å². The van der Waals surface area contributed by atoms with Gasteiger partial charge in [-0.25, -0.2) is 0 Å². The summed E-state index contributed by atoms with van der Waals surface area (Å²) in [6.07, 6.45) is 24.6. The zero-order chi connectivity index (χ0) is 24.3.